The molecule has 1 heterocycles. The van der Waals surface area contributed by atoms with Gasteiger partial charge in [-0.15, -0.1) is 11.6 Å². The highest BCUT2D eigenvalue weighted by molar-refractivity contribution is 6.18. The van der Waals surface area contributed by atoms with Gasteiger partial charge < -0.3 is 4.74 Å². The zero-order valence-electron chi connectivity index (χ0n) is 8.11. The molecular weight excluding hydrogens is 172 g/mol. The highest BCUT2D eigenvalue weighted by atomic mass is 35.5. The standard InChI is InChI=1S/C10H19ClO/c1-3-9(2)7-10(8-11)5-4-6-12-10/h9H,3-8H2,1-2H3. The Hall–Kier alpha value is 0.250. The molecule has 1 saturated heterocycles. The first-order chi connectivity index (χ1) is 5.72. The van der Waals surface area contributed by atoms with Crippen molar-refractivity contribution in [2.24, 2.45) is 5.92 Å². The van der Waals surface area contributed by atoms with Crippen molar-refractivity contribution >= 4 is 11.6 Å². The van der Waals surface area contributed by atoms with Crippen LogP contribution in [0.4, 0.5) is 0 Å². The minimum Gasteiger partial charge on any atom is -0.374 e. The van der Waals surface area contributed by atoms with E-state index in [9.17, 15) is 0 Å². The van der Waals surface area contributed by atoms with Gasteiger partial charge in [0.1, 0.15) is 0 Å². The van der Waals surface area contributed by atoms with Gasteiger partial charge in [0.2, 0.25) is 0 Å². The molecule has 1 fully saturated rings. The Morgan fingerprint density at radius 1 is 1.58 bits per heavy atom. The quantitative estimate of drug-likeness (QED) is 0.619. The predicted octanol–water partition coefficient (Wildman–Crippen LogP) is 3.21. The van der Waals surface area contributed by atoms with Gasteiger partial charge in [-0.1, -0.05) is 20.3 Å². The summed E-state index contributed by atoms with van der Waals surface area (Å²) in [6, 6.07) is 0. The highest BCUT2D eigenvalue weighted by Crippen LogP contribution is 2.33. The third-order valence-electron chi connectivity index (χ3n) is 2.85. The summed E-state index contributed by atoms with van der Waals surface area (Å²) >= 11 is 5.94. The number of hydrogen-bond acceptors (Lipinski definition) is 1. The monoisotopic (exact) mass is 190 g/mol. The van der Waals surface area contributed by atoms with E-state index in [1.165, 1.54) is 12.8 Å². The van der Waals surface area contributed by atoms with Crippen LogP contribution in [0.3, 0.4) is 0 Å². The van der Waals surface area contributed by atoms with E-state index in [0.29, 0.717) is 5.88 Å². The molecule has 1 rings (SSSR count). The van der Waals surface area contributed by atoms with Crippen LogP contribution in [0.2, 0.25) is 0 Å². The first-order valence-electron chi connectivity index (χ1n) is 4.92. The first kappa shape index (κ1) is 10.3. The Labute approximate surface area is 80.4 Å². The van der Waals surface area contributed by atoms with E-state index in [0.717, 1.165) is 25.4 Å². The first-order valence-corrected chi connectivity index (χ1v) is 5.46. The van der Waals surface area contributed by atoms with Crippen LogP contribution in [0.5, 0.6) is 0 Å². The van der Waals surface area contributed by atoms with Crippen LogP contribution in [0.15, 0.2) is 0 Å². The lowest BCUT2D eigenvalue weighted by Gasteiger charge is -2.28. The Morgan fingerprint density at radius 3 is 2.75 bits per heavy atom. The Balaban J connectivity index is 2.43. The highest BCUT2D eigenvalue weighted by Gasteiger charge is 2.35. The maximum Gasteiger partial charge on any atom is 0.0820 e. The van der Waals surface area contributed by atoms with E-state index >= 15 is 0 Å². The average molecular weight is 191 g/mol. The minimum atomic E-state index is 0.0248. The topological polar surface area (TPSA) is 9.23 Å². The number of hydrogen-bond donors (Lipinski definition) is 0. The molecule has 72 valence electrons. The van der Waals surface area contributed by atoms with Crippen LogP contribution in [-0.2, 0) is 4.74 Å². The van der Waals surface area contributed by atoms with Gasteiger partial charge in [0.15, 0.2) is 0 Å². The third-order valence-corrected chi connectivity index (χ3v) is 3.33. The van der Waals surface area contributed by atoms with Crippen LogP contribution >= 0.6 is 11.6 Å². The van der Waals surface area contributed by atoms with Gasteiger partial charge in [0.05, 0.1) is 11.5 Å². The van der Waals surface area contributed by atoms with E-state index in [1.54, 1.807) is 0 Å². The lowest BCUT2D eigenvalue weighted by Crippen LogP contribution is -2.32. The molecule has 2 unspecified atom stereocenters. The van der Waals surface area contributed by atoms with E-state index in [4.69, 9.17) is 16.3 Å². The molecule has 0 N–H and O–H groups in total. The van der Waals surface area contributed by atoms with Crippen LogP contribution in [-0.4, -0.2) is 18.1 Å². The van der Waals surface area contributed by atoms with Gasteiger partial charge in [-0.25, -0.2) is 0 Å². The second-order valence-corrected chi connectivity index (χ2v) is 4.25. The predicted molar refractivity (Wildman–Crippen MR) is 52.7 cm³/mol. The van der Waals surface area contributed by atoms with E-state index in [1.807, 2.05) is 0 Å². The minimum absolute atomic E-state index is 0.0248. The summed E-state index contributed by atoms with van der Waals surface area (Å²) in [5, 5.41) is 0. The van der Waals surface area contributed by atoms with Gasteiger partial charge in [-0.3, -0.25) is 0 Å². The van der Waals surface area contributed by atoms with Crippen molar-refractivity contribution in [2.75, 3.05) is 12.5 Å². The van der Waals surface area contributed by atoms with Gasteiger partial charge >= 0.3 is 0 Å². The number of ether oxygens (including phenoxy) is 1. The summed E-state index contributed by atoms with van der Waals surface area (Å²) in [5.74, 6) is 1.40. The van der Waals surface area contributed by atoms with Crippen LogP contribution in [0, 0.1) is 5.92 Å². The molecule has 1 nitrogen and oxygen atoms in total. The molecule has 0 aromatic heterocycles. The molecular formula is C10H19ClO. The SMILES string of the molecule is CCC(C)CC1(CCl)CCCO1. The van der Waals surface area contributed by atoms with E-state index < -0.39 is 0 Å². The van der Waals surface area contributed by atoms with Crippen molar-refractivity contribution in [3.63, 3.8) is 0 Å². The molecule has 1 aliphatic heterocycles. The second kappa shape index (κ2) is 4.48. The van der Waals surface area contributed by atoms with Crippen molar-refractivity contribution in [3.05, 3.63) is 0 Å². The summed E-state index contributed by atoms with van der Waals surface area (Å²) in [6.45, 7) is 5.40. The molecule has 0 radical (unpaired) electrons. The van der Waals surface area contributed by atoms with Gasteiger partial charge in [0.25, 0.3) is 0 Å². The molecule has 12 heavy (non-hydrogen) atoms. The number of halogens is 1. The molecule has 2 heteroatoms. The van der Waals surface area contributed by atoms with E-state index in [2.05, 4.69) is 13.8 Å². The average Bonchev–Trinajstić information content (AvgIpc) is 2.54. The van der Waals surface area contributed by atoms with Crippen LogP contribution in [0.1, 0.15) is 39.5 Å². The smallest absolute Gasteiger partial charge is 0.0820 e. The fraction of sp³-hybridized carbons (Fsp3) is 1.00. The zero-order valence-corrected chi connectivity index (χ0v) is 8.86. The van der Waals surface area contributed by atoms with Gasteiger partial charge in [0, 0.05) is 6.61 Å². The molecule has 0 aromatic rings. The van der Waals surface area contributed by atoms with Crippen molar-refractivity contribution in [3.8, 4) is 0 Å². The van der Waals surface area contributed by atoms with Crippen molar-refractivity contribution in [2.45, 2.75) is 45.1 Å². The molecule has 0 aliphatic carbocycles. The van der Waals surface area contributed by atoms with Gasteiger partial charge in [-0.2, -0.15) is 0 Å². The summed E-state index contributed by atoms with van der Waals surface area (Å²) < 4.78 is 5.73. The molecule has 0 spiro atoms. The van der Waals surface area contributed by atoms with Crippen LogP contribution < -0.4 is 0 Å². The lowest BCUT2D eigenvalue weighted by molar-refractivity contribution is 0.00471. The fourth-order valence-electron chi connectivity index (χ4n) is 1.86. The molecule has 1 aliphatic rings. The largest absolute Gasteiger partial charge is 0.374 e. The Kier molecular flexibility index (Phi) is 3.85. The van der Waals surface area contributed by atoms with Gasteiger partial charge in [-0.05, 0) is 25.2 Å². The molecule has 0 aromatic carbocycles. The summed E-state index contributed by atoms with van der Waals surface area (Å²) in [4.78, 5) is 0. The molecule has 2 atom stereocenters. The zero-order chi connectivity index (χ0) is 9.03. The maximum absolute atomic E-state index is 5.94. The summed E-state index contributed by atoms with van der Waals surface area (Å²) in [6.07, 6.45) is 4.69. The van der Waals surface area contributed by atoms with Crippen molar-refractivity contribution in [1.82, 2.24) is 0 Å². The fourth-order valence-corrected chi connectivity index (χ4v) is 2.18. The number of alkyl halides is 1. The van der Waals surface area contributed by atoms with Crippen molar-refractivity contribution in [1.29, 1.82) is 0 Å². The summed E-state index contributed by atoms with van der Waals surface area (Å²) in [7, 11) is 0. The van der Waals surface area contributed by atoms with E-state index in [-0.39, 0.29) is 5.60 Å². The number of rotatable bonds is 4. The summed E-state index contributed by atoms with van der Waals surface area (Å²) in [5.41, 5.74) is 0.0248. The molecule has 0 amide bonds. The lowest BCUT2D eigenvalue weighted by atomic mass is 9.89. The van der Waals surface area contributed by atoms with Crippen molar-refractivity contribution < 1.29 is 4.74 Å². The normalized spacial score (nSPS) is 32.2. The van der Waals surface area contributed by atoms with Crippen LogP contribution in [0.25, 0.3) is 0 Å². The maximum atomic E-state index is 5.94. The Bertz CT molecular complexity index is 130. The molecule has 0 bridgehead atoms. The Morgan fingerprint density at radius 2 is 2.33 bits per heavy atom. The third kappa shape index (κ3) is 2.37. The molecule has 0 saturated carbocycles. The second-order valence-electron chi connectivity index (χ2n) is 3.99.